The summed E-state index contributed by atoms with van der Waals surface area (Å²) in [7, 11) is 3.56. The summed E-state index contributed by atoms with van der Waals surface area (Å²) in [5.41, 5.74) is 1.35. The molecule has 5 nitrogen and oxygen atoms in total. The maximum atomic E-state index is 5.23. The van der Waals surface area contributed by atoms with Crippen LogP contribution in [0.1, 0.15) is 57.4 Å². The molecule has 0 bridgehead atoms. The first-order valence-corrected chi connectivity index (χ1v) is 10.5. The average molecular weight is 502 g/mol. The molecule has 0 amide bonds. The Labute approximate surface area is 188 Å². The second-order valence-electron chi connectivity index (χ2n) is 7.58. The van der Waals surface area contributed by atoms with Gasteiger partial charge < -0.3 is 20.3 Å². The summed E-state index contributed by atoms with van der Waals surface area (Å²) in [4.78, 5) is 7.00. The van der Waals surface area contributed by atoms with Crippen molar-refractivity contribution in [2.24, 2.45) is 4.99 Å². The third-order valence-electron chi connectivity index (χ3n) is 5.53. The van der Waals surface area contributed by atoms with Gasteiger partial charge in [0.1, 0.15) is 5.75 Å². The molecule has 0 radical (unpaired) electrons. The highest BCUT2D eigenvalue weighted by Gasteiger charge is 2.19. The maximum Gasteiger partial charge on any atom is 0.191 e. The summed E-state index contributed by atoms with van der Waals surface area (Å²) in [6, 6.07) is 8.92. The SMILES string of the molecule is CCCCN1CCC(NC(=NC)NCCC(C)c2ccc(OC)cc2)CC1.I. The van der Waals surface area contributed by atoms with Gasteiger partial charge in [-0.1, -0.05) is 32.4 Å². The number of halogens is 1. The first-order chi connectivity index (χ1) is 13.2. The van der Waals surface area contributed by atoms with Crippen molar-refractivity contribution in [1.29, 1.82) is 0 Å². The van der Waals surface area contributed by atoms with Crippen molar-refractivity contribution < 1.29 is 4.74 Å². The van der Waals surface area contributed by atoms with Gasteiger partial charge in [-0.3, -0.25) is 4.99 Å². The molecular weight excluding hydrogens is 463 g/mol. The molecule has 1 atom stereocenters. The zero-order valence-corrected chi connectivity index (χ0v) is 20.4. The van der Waals surface area contributed by atoms with Crippen molar-refractivity contribution in [2.75, 3.05) is 40.3 Å². The van der Waals surface area contributed by atoms with Crippen LogP contribution in [0.3, 0.4) is 0 Å². The van der Waals surface area contributed by atoms with Gasteiger partial charge in [0.05, 0.1) is 7.11 Å². The van der Waals surface area contributed by atoms with Gasteiger partial charge in [-0.05, 0) is 55.8 Å². The Kier molecular flexibility index (Phi) is 12.5. The van der Waals surface area contributed by atoms with Crippen molar-refractivity contribution in [3.8, 4) is 5.75 Å². The number of unbranched alkanes of at least 4 members (excludes halogenated alkanes) is 1. The lowest BCUT2D eigenvalue weighted by molar-refractivity contribution is 0.203. The lowest BCUT2D eigenvalue weighted by Crippen LogP contribution is -2.49. The smallest absolute Gasteiger partial charge is 0.191 e. The average Bonchev–Trinajstić information content (AvgIpc) is 2.72. The first-order valence-electron chi connectivity index (χ1n) is 10.5. The van der Waals surface area contributed by atoms with Crippen LogP contribution < -0.4 is 15.4 Å². The molecule has 0 aliphatic carbocycles. The van der Waals surface area contributed by atoms with Gasteiger partial charge in [0.15, 0.2) is 5.96 Å². The minimum absolute atomic E-state index is 0. The molecule has 2 N–H and O–H groups in total. The number of benzene rings is 1. The number of guanidine groups is 1. The van der Waals surface area contributed by atoms with Crippen LogP contribution in [0.25, 0.3) is 0 Å². The van der Waals surface area contributed by atoms with E-state index in [4.69, 9.17) is 4.74 Å². The van der Waals surface area contributed by atoms with Crippen molar-refractivity contribution >= 4 is 29.9 Å². The molecule has 160 valence electrons. The number of rotatable bonds is 9. The van der Waals surface area contributed by atoms with Crippen LogP contribution >= 0.6 is 24.0 Å². The summed E-state index contributed by atoms with van der Waals surface area (Å²) in [5, 5.41) is 7.09. The van der Waals surface area contributed by atoms with Crippen LogP contribution in [-0.4, -0.2) is 57.2 Å². The standard InChI is InChI=1S/C22H38N4O.HI/c1-5-6-15-26-16-12-20(13-17-26)25-22(23-3)24-14-11-18(2)19-7-9-21(27-4)10-8-19;/h7-10,18,20H,5-6,11-17H2,1-4H3,(H2,23,24,25);1H. The van der Waals surface area contributed by atoms with Gasteiger partial charge in [0.25, 0.3) is 0 Å². The van der Waals surface area contributed by atoms with E-state index in [1.807, 2.05) is 19.2 Å². The zero-order valence-electron chi connectivity index (χ0n) is 18.0. The number of aliphatic imine (C=N–C) groups is 1. The van der Waals surface area contributed by atoms with E-state index in [0.29, 0.717) is 12.0 Å². The Bertz CT molecular complexity index is 556. The van der Waals surface area contributed by atoms with Crippen LogP contribution in [0.5, 0.6) is 5.75 Å². The van der Waals surface area contributed by atoms with Crippen LogP contribution in [0.15, 0.2) is 29.3 Å². The van der Waals surface area contributed by atoms with E-state index >= 15 is 0 Å². The Balaban J connectivity index is 0.00000392. The molecule has 1 aliphatic heterocycles. The molecule has 1 aromatic carbocycles. The van der Waals surface area contributed by atoms with E-state index in [1.54, 1.807) is 7.11 Å². The van der Waals surface area contributed by atoms with Crippen LogP contribution in [0, 0.1) is 0 Å². The summed E-state index contributed by atoms with van der Waals surface area (Å²) in [6.07, 6.45) is 6.07. The summed E-state index contributed by atoms with van der Waals surface area (Å²) in [5.74, 6) is 2.35. The highest BCUT2D eigenvalue weighted by molar-refractivity contribution is 14.0. The van der Waals surface area contributed by atoms with E-state index in [0.717, 1.165) is 24.7 Å². The fourth-order valence-corrected chi connectivity index (χ4v) is 3.58. The quantitative estimate of drug-likeness (QED) is 0.302. The van der Waals surface area contributed by atoms with Gasteiger partial charge in [-0.15, -0.1) is 24.0 Å². The molecule has 0 spiro atoms. The third kappa shape index (κ3) is 8.55. The second kappa shape index (κ2) is 14.0. The summed E-state index contributed by atoms with van der Waals surface area (Å²) < 4.78 is 5.23. The minimum Gasteiger partial charge on any atom is -0.497 e. The van der Waals surface area contributed by atoms with Gasteiger partial charge >= 0.3 is 0 Å². The third-order valence-corrected chi connectivity index (χ3v) is 5.53. The van der Waals surface area contributed by atoms with Gasteiger partial charge in [0, 0.05) is 32.7 Å². The predicted octanol–water partition coefficient (Wildman–Crippen LogP) is 4.24. The molecule has 1 aromatic rings. The van der Waals surface area contributed by atoms with Gasteiger partial charge in [-0.2, -0.15) is 0 Å². The number of hydrogen-bond donors (Lipinski definition) is 2. The lowest BCUT2D eigenvalue weighted by atomic mass is 9.98. The molecule has 1 heterocycles. The second-order valence-corrected chi connectivity index (χ2v) is 7.58. The fourth-order valence-electron chi connectivity index (χ4n) is 3.58. The van der Waals surface area contributed by atoms with E-state index in [2.05, 4.69) is 46.5 Å². The number of likely N-dealkylation sites (tertiary alicyclic amines) is 1. The fraction of sp³-hybridized carbons (Fsp3) is 0.682. The molecule has 2 rings (SSSR count). The normalized spacial score (nSPS) is 16.9. The maximum absolute atomic E-state index is 5.23. The highest BCUT2D eigenvalue weighted by atomic mass is 127. The number of ether oxygens (including phenoxy) is 1. The number of hydrogen-bond acceptors (Lipinski definition) is 3. The van der Waals surface area contributed by atoms with Crippen molar-refractivity contribution in [3.63, 3.8) is 0 Å². The molecule has 1 aliphatic rings. The largest absolute Gasteiger partial charge is 0.497 e. The number of nitrogens with zero attached hydrogens (tertiary/aromatic N) is 2. The van der Waals surface area contributed by atoms with Crippen LogP contribution in [-0.2, 0) is 0 Å². The molecule has 1 fully saturated rings. The zero-order chi connectivity index (χ0) is 19.5. The summed E-state index contributed by atoms with van der Waals surface area (Å²) >= 11 is 0. The first kappa shape index (κ1) is 25.0. The number of nitrogens with one attached hydrogen (secondary N) is 2. The molecule has 6 heteroatoms. The van der Waals surface area contributed by atoms with E-state index in [9.17, 15) is 0 Å². The van der Waals surface area contributed by atoms with E-state index in [1.165, 1.54) is 50.9 Å². The van der Waals surface area contributed by atoms with Crippen LogP contribution in [0.2, 0.25) is 0 Å². The lowest BCUT2D eigenvalue weighted by Gasteiger charge is -2.33. The van der Waals surface area contributed by atoms with Crippen molar-refractivity contribution in [2.45, 2.75) is 57.9 Å². The highest BCUT2D eigenvalue weighted by Crippen LogP contribution is 2.21. The molecule has 0 aromatic heterocycles. The van der Waals surface area contributed by atoms with Gasteiger partial charge in [-0.25, -0.2) is 0 Å². The monoisotopic (exact) mass is 502 g/mol. The van der Waals surface area contributed by atoms with Crippen molar-refractivity contribution in [1.82, 2.24) is 15.5 Å². The van der Waals surface area contributed by atoms with Crippen molar-refractivity contribution in [3.05, 3.63) is 29.8 Å². The summed E-state index contributed by atoms with van der Waals surface area (Å²) in [6.45, 7) is 9.10. The Morgan fingerprint density at radius 2 is 1.93 bits per heavy atom. The Morgan fingerprint density at radius 3 is 2.50 bits per heavy atom. The predicted molar refractivity (Wildman–Crippen MR) is 130 cm³/mol. The molecule has 28 heavy (non-hydrogen) atoms. The number of piperidine rings is 1. The number of methoxy groups -OCH3 is 1. The molecular formula is C22H39IN4O. The van der Waals surface area contributed by atoms with E-state index in [-0.39, 0.29) is 24.0 Å². The Hall–Kier alpha value is -1.02. The molecule has 1 saturated heterocycles. The van der Waals surface area contributed by atoms with Gasteiger partial charge in [0.2, 0.25) is 0 Å². The van der Waals surface area contributed by atoms with E-state index < -0.39 is 0 Å². The Morgan fingerprint density at radius 1 is 1.25 bits per heavy atom. The minimum atomic E-state index is 0. The van der Waals surface area contributed by atoms with Crippen LogP contribution in [0.4, 0.5) is 0 Å². The molecule has 1 unspecified atom stereocenters. The molecule has 0 saturated carbocycles. The topological polar surface area (TPSA) is 48.9 Å².